The number of methoxy groups -OCH3 is 1. The molecule has 3 aromatic rings. The van der Waals surface area contributed by atoms with Gasteiger partial charge in [0.05, 0.1) is 19.9 Å². The minimum absolute atomic E-state index is 0.358. The topological polar surface area (TPSA) is 69.2 Å². The van der Waals surface area contributed by atoms with Gasteiger partial charge >= 0.3 is 0 Å². The van der Waals surface area contributed by atoms with E-state index in [1.165, 1.54) is 7.11 Å². The van der Waals surface area contributed by atoms with Crippen LogP contribution in [0.2, 0.25) is 0 Å². The molecular formula is C25H25BrN2O4. The van der Waals surface area contributed by atoms with E-state index in [2.05, 4.69) is 26.5 Å². The molecule has 0 aliphatic rings. The van der Waals surface area contributed by atoms with Crippen LogP contribution in [-0.2, 0) is 6.61 Å². The Hall–Kier alpha value is -3.32. The number of nitrogens with one attached hydrogen (secondary N) is 1. The van der Waals surface area contributed by atoms with Crippen molar-refractivity contribution in [3.05, 3.63) is 87.9 Å². The van der Waals surface area contributed by atoms with Gasteiger partial charge in [0.1, 0.15) is 12.4 Å². The number of carbonyl (C=O) groups excluding carboxylic acids is 1. The number of amides is 1. The van der Waals surface area contributed by atoms with Crippen molar-refractivity contribution in [1.82, 2.24) is 5.43 Å². The highest BCUT2D eigenvalue weighted by molar-refractivity contribution is 9.10. The molecule has 0 radical (unpaired) electrons. The van der Waals surface area contributed by atoms with Gasteiger partial charge in [-0.1, -0.05) is 53.2 Å². The first-order valence-corrected chi connectivity index (χ1v) is 11.0. The first kappa shape index (κ1) is 23.3. The standard InChI is InChI=1S/C25H25BrN2O4/c1-3-13-31-23-11-9-19(15-24(23)30-2)25(29)28-27-16-20-14-21(26)10-12-22(20)32-17-18-7-5-4-6-8-18/h4-12,14-16H,3,13,17H2,1-2H3,(H,28,29)/b27-16+. The number of halogens is 1. The Balaban J connectivity index is 1.67. The molecule has 166 valence electrons. The van der Waals surface area contributed by atoms with Crippen molar-refractivity contribution in [2.45, 2.75) is 20.0 Å². The van der Waals surface area contributed by atoms with Crippen LogP contribution < -0.4 is 19.6 Å². The molecule has 7 heteroatoms. The molecule has 3 rings (SSSR count). The monoisotopic (exact) mass is 496 g/mol. The second kappa shape index (κ2) is 11.9. The molecule has 0 saturated heterocycles. The Morgan fingerprint density at radius 3 is 2.53 bits per heavy atom. The Morgan fingerprint density at radius 2 is 1.78 bits per heavy atom. The Bertz CT molecular complexity index is 1070. The van der Waals surface area contributed by atoms with E-state index < -0.39 is 0 Å². The number of rotatable bonds is 10. The van der Waals surface area contributed by atoms with Gasteiger partial charge < -0.3 is 14.2 Å². The summed E-state index contributed by atoms with van der Waals surface area (Å²) >= 11 is 3.46. The van der Waals surface area contributed by atoms with Crippen molar-refractivity contribution >= 4 is 28.1 Å². The minimum atomic E-state index is -0.358. The first-order valence-electron chi connectivity index (χ1n) is 10.2. The molecular weight excluding hydrogens is 472 g/mol. The highest BCUT2D eigenvalue weighted by atomic mass is 79.9. The third kappa shape index (κ3) is 6.59. The van der Waals surface area contributed by atoms with Gasteiger partial charge in [0.15, 0.2) is 11.5 Å². The van der Waals surface area contributed by atoms with Gasteiger partial charge in [-0.3, -0.25) is 4.79 Å². The second-order valence-electron chi connectivity index (χ2n) is 6.87. The summed E-state index contributed by atoms with van der Waals surface area (Å²) in [5.74, 6) is 1.40. The van der Waals surface area contributed by atoms with Crippen molar-refractivity contribution in [1.29, 1.82) is 0 Å². The van der Waals surface area contributed by atoms with E-state index in [0.29, 0.717) is 36.0 Å². The molecule has 0 atom stereocenters. The lowest BCUT2D eigenvalue weighted by molar-refractivity contribution is 0.0954. The average molecular weight is 497 g/mol. The summed E-state index contributed by atoms with van der Waals surface area (Å²) < 4.78 is 17.8. The highest BCUT2D eigenvalue weighted by Gasteiger charge is 2.11. The van der Waals surface area contributed by atoms with E-state index in [0.717, 1.165) is 22.0 Å². The Kier molecular flexibility index (Phi) is 8.69. The molecule has 1 amide bonds. The number of nitrogens with zero attached hydrogens (tertiary/aromatic N) is 1. The predicted octanol–water partition coefficient (Wildman–Crippen LogP) is 5.59. The van der Waals surface area contributed by atoms with E-state index in [4.69, 9.17) is 14.2 Å². The van der Waals surface area contributed by atoms with E-state index in [1.54, 1.807) is 24.4 Å². The largest absolute Gasteiger partial charge is 0.493 e. The van der Waals surface area contributed by atoms with Crippen LogP contribution in [0, 0.1) is 0 Å². The summed E-state index contributed by atoms with van der Waals surface area (Å²) in [7, 11) is 1.54. The fourth-order valence-electron chi connectivity index (χ4n) is 2.85. The Morgan fingerprint density at radius 1 is 1.00 bits per heavy atom. The molecule has 0 unspecified atom stereocenters. The summed E-state index contributed by atoms with van der Waals surface area (Å²) in [4.78, 5) is 12.5. The number of benzene rings is 3. The minimum Gasteiger partial charge on any atom is -0.493 e. The zero-order chi connectivity index (χ0) is 22.8. The highest BCUT2D eigenvalue weighted by Crippen LogP contribution is 2.28. The van der Waals surface area contributed by atoms with Crippen LogP contribution in [0.15, 0.2) is 76.3 Å². The number of hydrazone groups is 1. The quantitative estimate of drug-likeness (QED) is 0.293. The zero-order valence-corrected chi connectivity index (χ0v) is 19.6. The van der Waals surface area contributed by atoms with E-state index in [1.807, 2.05) is 55.5 Å². The maximum absolute atomic E-state index is 12.5. The maximum atomic E-state index is 12.5. The molecule has 0 heterocycles. The third-order valence-corrected chi connectivity index (χ3v) is 4.96. The summed E-state index contributed by atoms with van der Waals surface area (Å²) in [5, 5.41) is 4.10. The number of hydrogen-bond donors (Lipinski definition) is 1. The molecule has 0 aliphatic carbocycles. The summed E-state index contributed by atoms with van der Waals surface area (Å²) in [6, 6.07) is 20.5. The van der Waals surface area contributed by atoms with Crippen molar-refractivity contribution in [3.63, 3.8) is 0 Å². The lowest BCUT2D eigenvalue weighted by Gasteiger charge is -2.11. The average Bonchev–Trinajstić information content (AvgIpc) is 2.82. The molecule has 32 heavy (non-hydrogen) atoms. The molecule has 0 fully saturated rings. The summed E-state index contributed by atoms with van der Waals surface area (Å²) in [6.07, 6.45) is 2.44. The fraction of sp³-hybridized carbons (Fsp3) is 0.200. The molecule has 0 spiro atoms. The van der Waals surface area contributed by atoms with E-state index in [9.17, 15) is 4.79 Å². The summed E-state index contributed by atoms with van der Waals surface area (Å²) in [5.41, 5.74) is 4.75. The first-order chi connectivity index (χ1) is 15.6. The van der Waals surface area contributed by atoms with Crippen molar-refractivity contribution in [2.24, 2.45) is 5.10 Å². The molecule has 3 aromatic carbocycles. The predicted molar refractivity (Wildman–Crippen MR) is 129 cm³/mol. The van der Waals surface area contributed by atoms with Crippen LogP contribution in [0.3, 0.4) is 0 Å². The number of hydrogen-bond acceptors (Lipinski definition) is 5. The fourth-order valence-corrected chi connectivity index (χ4v) is 3.23. The normalized spacial score (nSPS) is 10.7. The van der Waals surface area contributed by atoms with Gasteiger partial charge in [-0.2, -0.15) is 5.10 Å². The van der Waals surface area contributed by atoms with Gasteiger partial charge in [-0.15, -0.1) is 0 Å². The van der Waals surface area contributed by atoms with Crippen molar-refractivity contribution < 1.29 is 19.0 Å². The van der Waals surface area contributed by atoms with Crippen LogP contribution in [0.5, 0.6) is 17.2 Å². The van der Waals surface area contributed by atoms with Crippen LogP contribution in [0.4, 0.5) is 0 Å². The summed E-state index contributed by atoms with van der Waals surface area (Å²) in [6.45, 7) is 3.03. The van der Waals surface area contributed by atoms with Crippen LogP contribution in [-0.4, -0.2) is 25.8 Å². The lowest BCUT2D eigenvalue weighted by Crippen LogP contribution is -2.17. The van der Waals surface area contributed by atoms with Crippen LogP contribution in [0.25, 0.3) is 0 Å². The van der Waals surface area contributed by atoms with Crippen molar-refractivity contribution in [3.8, 4) is 17.2 Å². The molecule has 0 aromatic heterocycles. The van der Waals surface area contributed by atoms with Gasteiger partial charge in [0, 0.05) is 15.6 Å². The van der Waals surface area contributed by atoms with Crippen LogP contribution in [0.1, 0.15) is 34.8 Å². The van der Waals surface area contributed by atoms with Gasteiger partial charge in [-0.25, -0.2) is 5.43 Å². The van der Waals surface area contributed by atoms with Gasteiger partial charge in [-0.05, 0) is 48.4 Å². The lowest BCUT2D eigenvalue weighted by atomic mass is 10.2. The van der Waals surface area contributed by atoms with Crippen molar-refractivity contribution in [2.75, 3.05) is 13.7 Å². The van der Waals surface area contributed by atoms with E-state index >= 15 is 0 Å². The van der Waals surface area contributed by atoms with Gasteiger partial charge in [0.2, 0.25) is 0 Å². The molecule has 6 nitrogen and oxygen atoms in total. The van der Waals surface area contributed by atoms with E-state index in [-0.39, 0.29) is 5.91 Å². The number of ether oxygens (including phenoxy) is 3. The third-order valence-electron chi connectivity index (χ3n) is 4.47. The second-order valence-corrected chi connectivity index (χ2v) is 7.79. The molecule has 1 N–H and O–H groups in total. The molecule has 0 bridgehead atoms. The van der Waals surface area contributed by atoms with Gasteiger partial charge in [0.25, 0.3) is 5.91 Å². The Labute approximate surface area is 196 Å². The SMILES string of the molecule is CCCOc1ccc(C(=O)N/N=C/c2cc(Br)ccc2OCc2ccccc2)cc1OC. The zero-order valence-electron chi connectivity index (χ0n) is 18.0. The smallest absolute Gasteiger partial charge is 0.271 e. The number of carbonyl (C=O) groups is 1. The molecule has 0 aliphatic heterocycles. The maximum Gasteiger partial charge on any atom is 0.271 e. The van der Waals surface area contributed by atoms with Crippen LogP contribution >= 0.6 is 15.9 Å². The molecule has 0 saturated carbocycles.